The first-order valence-electron chi connectivity index (χ1n) is 4.73. The van der Waals surface area contributed by atoms with Crippen LogP contribution in [0.25, 0.3) is 0 Å². The minimum atomic E-state index is -0.114. The molecule has 0 heterocycles. The van der Waals surface area contributed by atoms with E-state index in [1.807, 2.05) is 19.1 Å². The maximum atomic E-state index is 11.4. The van der Waals surface area contributed by atoms with E-state index in [1.54, 1.807) is 19.2 Å². The van der Waals surface area contributed by atoms with Crippen molar-refractivity contribution in [2.24, 2.45) is 0 Å². The van der Waals surface area contributed by atoms with Crippen molar-refractivity contribution in [3.8, 4) is 5.75 Å². The predicted molar refractivity (Wildman–Crippen MR) is 55.6 cm³/mol. The van der Waals surface area contributed by atoms with Crippen LogP contribution in [0.15, 0.2) is 24.3 Å². The molecule has 0 saturated heterocycles. The van der Waals surface area contributed by atoms with Crippen molar-refractivity contribution >= 4 is 5.91 Å². The van der Waals surface area contributed by atoms with Crippen molar-refractivity contribution in [1.82, 2.24) is 5.32 Å². The summed E-state index contributed by atoms with van der Waals surface area (Å²) in [5.74, 6) is 0.533. The average Bonchev–Trinajstić information content (AvgIpc) is 2.25. The van der Waals surface area contributed by atoms with Gasteiger partial charge in [0, 0.05) is 7.05 Å². The van der Waals surface area contributed by atoms with Gasteiger partial charge in [-0.05, 0) is 18.6 Å². The summed E-state index contributed by atoms with van der Waals surface area (Å²) in [6.07, 6.45) is 0.933. The van der Waals surface area contributed by atoms with Gasteiger partial charge in [-0.25, -0.2) is 0 Å². The summed E-state index contributed by atoms with van der Waals surface area (Å²) in [4.78, 5) is 11.4. The van der Waals surface area contributed by atoms with E-state index >= 15 is 0 Å². The maximum Gasteiger partial charge on any atom is 0.254 e. The Morgan fingerprint density at radius 1 is 1.43 bits per heavy atom. The van der Waals surface area contributed by atoms with Gasteiger partial charge in [-0.3, -0.25) is 4.79 Å². The highest BCUT2D eigenvalue weighted by Gasteiger charge is 2.09. The van der Waals surface area contributed by atoms with Crippen LogP contribution in [0.3, 0.4) is 0 Å². The first-order valence-corrected chi connectivity index (χ1v) is 4.73. The van der Waals surface area contributed by atoms with Gasteiger partial charge in [-0.1, -0.05) is 19.1 Å². The van der Waals surface area contributed by atoms with Crippen molar-refractivity contribution in [1.29, 1.82) is 0 Å². The summed E-state index contributed by atoms with van der Waals surface area (Å²) in [6.45, 7) is 2.66. The van der Waals surface area contributed by atoms with Gasteiger partial charge in [0.1, 0.15) is 5.75 Å². The third kappa shape index (κ3) is 2.49. The highest BCUT2D eigenvalue weighted by Crippen LogP contribution is 2.17. The summed E-state index contributed by atoms with van der Waals surface area (Å²) in [6, 6.07) is 7.24. The van der Waals surface area contributed by atoms with E-state index in [1.165, 1.54) is 0 Å². The van der Waals surface area contributed by atoms with E-state index in [4.69, 9.17) is 4.74 Å². The van der Waals surface area contributed by atoms with Crippen LogP contribution >= 0.6 is 0 Å². The molecular weight excluding hydrogens is 178 g/mol. The van der Waals surface area contributed by atoms with Crippen LogP contribution in [0, 0.1) is 0 Å². The molecule has 1 aromatic rings. The molecule has 14 heavy (non-hydrogen) atoms. The van der Waals surface area contributed by atoms with Crippen LogP contribution in [-0.2, 0) is 0 Å². The van der Waals surface area contributed by atoms with Gasteiger partial charge in [-0.2, -0.15) is 0 Å². The summed E-state index contributed by atoms with van der Waals surface area (Å²) < 4.78 is 5.45. The number of carbonyl (C=O) groups is 1. The number of ether oxygens (including phenoxy) is 1. The molecule has 1 amide bonds. The molecule has 0 unspecified atom stereocenters. The quantitative estimate of drug-likeness (QED) is 0.792. The van der Waals surface area contributed by atoms with E-state index in [-0.39, 0.29) is 5.91 Å². The van der Waals surface area contributed by atoms with Crippen molar-refractivity contribution in [2.75, 3.05) is 13.7 Å². The Morgan fingerprint density at radius 3 is 2.79 bits per heavy atom. The van der Waals surface area contributed by atoms with Crippen LogP contribution in [0.4, 0.5) is 0 Å². The number of carbonyl (C=O) groups excluding carboxylic acids is 1. The Morgan fingerprint density at radius 2 is 2.14 bits per heavy atom. The molecule has 0 saturated carbocycles. The zero-order chi connectivity index (χ0) is 10.4. The number of nitrogens with one attached hydrogen (secondary N) is 1. The Bertz CT molecular complexity index is 310. The molecule has 0 atom stereocenters. The van der Waals surface area contributed by atoms with Crippen LogP contribution in [0.1, 0.15) is 23.7 Å². The summed E-state index contributed by atoms with van der Waals surface area (Å²) >= 11 is 0. The van der Waals surface area contributed by atoms with Crippen molar-refractivity contribution in [3.63, 3.8) is 0 Å². The second-order valence-corrected chi connectivity index (χ2v) is 2.92. The van der Waals surface area contributed by atoms with E-state index in [9.17, 15) is 4.79 Å². The van der Waals surface area contributed by atoms with Crippen molar-refractivity contribution < 1.29 is 9.53 Å². The third-order valence-corrected chi connectivity index (χ3v) is 1.82. The SMILES string of the molecule is CCCOc1ccccc1C(=O)NC. The molecule has 0 spiro atoms. The predicted octanol–water partition coefficient (Wildman–Crippen LogP) is 1.83. The Balaban J connectivity index is 2.85. The second kappa shape index (κ2) is 5.27. The van der Waals surface area contributed by atoms with E-state index in [2.05, 4.69) is 5.32 Å². The monoisotopic (exact) mass is 193 g/mol. The lowest BCUT2D eigenvalue weighted by Crippen LogP contribution is -2.18. The average molecular weight is 193 g/mol. The summed E-state index contributed by atoms with van der Waals surface area (Å²) in [5.41, 5.74) is 0.587. The Labute approximate surface area is 84.1 Å². The van der Waals surface area contributed by atoms with Crippen molar-refractivity contribution in [3.05, 3.63) is 29.8 Å². The number of hydrogen-bond acceptors (Lipinski definition) is 2. The fourth-order valence-corrected chi connectivity index (χ4v) is 1.13. The standard InChI is InChI=1S/C11H15NO2/c1-3-8-14-10-7-5-4-6-9(10)11(13)12-2/h4-7H,3,8H2,1-2H3,(H,12,13). The third-order valence-electron chi connectivity index (χ3n) is 1.82. The zero-order valence-electron chi connectivity index (χ0n) is 8.54. The van der Waals surface area contributed by atoms with Crippen LogP contribution < -0.4 is 10.1 Å². The number of hydrogen-bond donors (Lipinski definition) is 1. The minimum absolute atomic E-state index is 0.114. The molecule has 1 N–H and O–H groups in total. The maximum absolute atomic E-state index is 11.4. The molecule has 0 aliphatic carbocycles. The van der Waals surface area contributed by atoms with E-state index in [0.29, 0.717) is 17.9 Å². The lowest BCUT2D eigenvalue weighted by molar-refractivity contribution is 0.0959. The highest BCUT2D eigenvalue weighted by molar-refractivity contribution is 5.96. The fraction of sp³-hybridized carbons (Fsp3) is 0.364. The highest BCUT2D eigenvalue weighted by atomic mass is 16.5. The molecule has 0 aliphatic heterocycles. The number of benzene rings is 1. The van der Waals surface area contributed by atoms with Crippen molar-refractivity contribution in [2.45, 2.75) is 13.3 Å². The molecule has 0 bridgehead atoms. The van der Waals surface area contributed by atoms with Crippen LogP contribution in [0.5, 0.6) is 5.75 Å². The molecule has 1 aromatic carbocycles. The molecule has 0 aliphatic rings. The first kappa shape index (κ1) is 10.6. The molecule has 0 aromatic heterocycles. The second-order valence-electron chi connectivity index (χ2n) is 2.92. The number of rotatable bonds is 4. The summed E-state index contributed by atoms with van der Waals surface area (Å²) in [7, 11) is 1.61. The Kier molecular flexibility index (Phi) is 3.98. The lowest BCUT2D eigenvalue weighted by Gasteiger charge is -2.08. The van der Waals surface area contributed by atoms with E-state index < -0.39 is 0 Å². The number of para-hydroxylation sites is 1. The van der Waals surface area contributed by atoms with Gasteiger partial charge < -0.3 is 10.1 Å². The zero-order valence-corrected chi connectivity index (χ0v) is 8.54. The Hall–Kier alpha value is -1.51. The normalized spacial score (nSPS) is 9.57. The first-order chi connectivity index (χ1) is 6.79. The molecule has 0 radical (unpaired) electrons. The van der Waals surface area contributed by atoms with Gasteiger partial charge in [0.2, 0.25) is 0 Å². The van der Waals surface area contributed by atoms with Gasteiger partial charge in [0.15, 0.2) is 0 Å². The topological polar surface area (TPSA) is 38.3 Å². The van der Waals surface area contributed by atoms with E-state index in [0.717, 1.165) is 6.42 Å². The van der Waals surface area contributed by atoms with Gasteiger partial charge in [0.25, 0.3) is 5.91 Å². The molecule has 3 heteroatoms. The van der Waals surface area contributed by atoms with Crippen LogP contribution in [-0.4, -0.2) is 19.6 Å². The largest absolute Gasteiger partial charge is 0.493 e. The number of amides is 1. The minimum Gasteiger partial charge on any atom is -0.493 e. The van der Waals surface area contributed by atoms with Crippen LogP contribution in [0.2, 0.25) is 0 Å². The lowest BCUT2D eigenvalue weighted by atomic mass is 10.2. The molecule has 3 nitrogen and oxygen atoms in total. The van der Waals surface area contributed by atoms with Gasteiger partial charge >= 0.3 is 0 Å². The van der Waals surface area contributed by atoms with Gasteiger partial charge in [0.05, 0.1) is 12.2 Å². The fourth-order valence-electron chi connectivity index (χ4n) is 1.13. The van der Waals surface area contributed by atoms with Gasteiger partial charge in [-0.15, -0.1) is 0 Å². The molecule has 76 valence electrons. The summed E-state index contributed by atoms with van der Waals surface area (Å²) in [5, 5.41) is 2.58. The smallest absolute Gasteiger partial charge is 0.254 e. The molecule has 1 rings (SSSR count). The molecule has 0 fully saturated rings. The molecular formula is C11H15NO2.